The van der Waals surface area contributed by atoms with Crippen molar-refractivity contribution in [2.24, 2.45) is 5.84 Å². The summed E-state index contributed by atoms with van der Waals surface area (Å²) in [6.07, 6.45) is 3.01. The summed E-state index contributed by atoms with van der Waals surface area (Å²) in [4.78, 5) is 15.4. The van der Waals surface area contributed by atoms with Gasteiger partial charge in [-0.2, -0.15) is 0 Å². The van der Waals surface area contributed by atoms with Gasteiger partial charge in [0.1, 0.15) is 0 Å². The highest BCUT2D eigenvalue weighted by Crippen LogP contribution is 2.18. The van der Waals surface area contributed by atoms with Crippen LogP contribution in [0.2, 0.25) is 0 Å². The van der Waals surface area contributed by atoms with Crippen molar-refractivity contribution in [1.29, 1.82) is 0 Å². The van der Waals surface area contributed by atoms with Gasteiger partial charge in [0.2, 0.25) is 5.91 Å². The Balaban J connectivity index is 2.14. The maximum atomic E-state index is 11.0. The van der Waals surface area contributed by atoms with Gasteiger partial charge in [-0.1, -0.05) is 0 Å². The van der Waals surface area contributed by atoms with Crippen LogP contribution in [0.3, 0.4) is 0 Å². The second-order valence-corrected chi connectivity index (χ2v) is 4.53. The van der Waals surface area contributed by atoms with Crippen molar-refractivity contribution in [2.45, 2.75) is 33.2 Å². The molecular formula is C13H18N4O. The van der Waals surface area contributed by atoms with Crippen molar-refractivity contribution in [3.63, 3.8) is 0 Å². The van der Waals surface area contributed by atoms with E-state index in [2.05, 4.69) is 41.0 Å². The summed E-state index contributed by atoms with van der Waals surface area (Å²) in [6, 6.07) is 4.23. The number of aryl methyl sites for hydroxylation is 3. The first-order chi connectivity index (χ1) is 8.61. The fraction of sp³-hybridized carbons (Fsp3) is 0.385. The molecule has 1 heterocycles. The average molecular weight is 246 g/mol. The SMILES string of the molecule is Cc1cc2ncn(CCCC(=O)NN)c2cc1C. The molecule has 5 heteroatoms. The van der Waals surface area contributed by atoms with Gasteiger partial charge in [-0.15, -0.1) is 0 Å². The van der Waals surface area contributed by atoms with E-state index >= 15 is 0 Å². The molecule has 0 unspecified atom stereocenters. The Labute approximate surface area is 106 Å². The Morgan fingerprint density at radius 3 is 2.83 bits per heavy atom. The fourth-order valence-corrected chi connectivity index (χ4v) is 1.97. The van der Waals surface area contributed by atoms with Crippen molar-refractivity contribution in [2.75, 3.05) is 0 Å². The van der Waals surface area contributed by atoms with Gasteiger partial charge >= 0.3 is 0 Å². The highest BCUT2D eigenvalue weighted by atomic mass is 16.2. The number of hydrogen-bond donors (Lipinski definition) is 2. The van der Waals surface area contributed by atoms with Gasteiger partial charge in [-0.05, 0) is 43.5 Å². The van der Waals surface area contributed by atoms with Crippen molar-refractivity contribution in [3.05, 3.63) is 29.6 Å². The summed E-state index contributed by atoms with van der Waals surface area (Å²) in [5, 5.41) is 0. The molecule has 0 aliphatic carbocycles. The van der Waals surface area contributed by atoms with Gasteiger partial charge in [-0.3, -0.25) is 10.2 Å². The topological polar surface area (TPSA) is 72.9 Å². The van der Waals surface area contributed by atoms with Crippen LogP contribution in [0.15, 0.2) is 18.5 Å². The first-order valence-corrected chi connectivity index (χ1v) is 6.03. The third kappa shape index (κ3) is 2.51. The molecule has 5 nitrogen and oxygen atoms in total. The number of imidazole rings is 1. The molecule has 0 aliphatic heterocycles. The molecular weight excluding hydrogens is 228 g/mol. The Kier molecular flexibility index (Phi) is 3.62. The molecule has 0 radical (unpaired) electrons. The lowest BCUT2D eigenvalue weighted by Crippen LogP contribution is -2.29. The lowest BCUT2D eigenvalue weighted by Gasteiger charge is -2.05. The van der Waals surface area contributed by atoms with E-state index in [0.29, 0.717) is 6.42 Å². The zero-order valence-corrected chi connectivity index (χ0v) is 10.7. The number of benzene rings is 1. The smallest absolute Gasteiger partial charge is 0.233 e. The summed E-state index contributed by atoms with van der Waals surface area (Å²) in [6.45, 7) is 4.94. The summed E-state index contributed by atoms with van der Waals surface area (Å²) in [7, 11) is 0. The quantitative estimate of drug-likeness (QED) is 0.487. The summed E-state index contributed by atoms with van der Waals surface area (Å²) >= 11 is 0. The molecule has 0 atom stereocenters. The molecule has 3 N–H and O–H groups in total. The minimum atomic E-state index is -0.133. The second kappa shape index (κ2) is 5.18. The lowest BCUT2D eigenvalue weighted by atomic mass is 10.1. The number of aromatic nitrogens is 2. The van der Waals surface area contributed by atoms with Crippen molar-refractivity contribution in [1.82, 2.24) is 15.0 Å². The Morgan fingerprint density at radius 2 is 2.11 bits per heavy atom. The molecule has 0 fully saturated rings. The molecule has 0 aliphatic rings. The Hall–Kier alpha value is -1.88. The number of carbonyl (C=O) groups excluding carboxylic acids is 1. The Bertz CT molecular complexity index is 574. The van der Waals surface area contributed by atoms with E-state index in [1.165, 1.54) is 11.1 Å². The van der Waals surface area contributed by atoms with E-state index in [-0.39, 0.29) is 5.91 Å². The molecule has 0 bridgehead atoms. The van der Waals surface area contributed by atoms with Crippen molar-refractivity contribution >= 4 is 16.9 Å². The van der Waals surface area contributed by atoms with E-state index < -0.39 is 0 Å². The molecule has 1 aromatic carbocycles. The largest absolute Gasteiger partial charge is 0.331 e. The van der Waals surface area contributed by atoms with Crippen LogP contribution in [-0.4, -0.2) is 15.5 Å². The summed E-state index contributed by atoms with van der Waals surface area (Å²) in [5.41, 5.74) is 6.75. The van der Waals surface area contributed by atoms with Gasteiger partial charge in [0.15, 0.2) is 0 Å². The maximum Gasteiger partial charge on any atom is 0.233 e. The standard InChI is InChI=1S/C13H18N4O/c1-9-6-11-12(7-10(9)2)17(8-15-11)5-3-4-13(18)16-14/h6-8H,3-5,14H2,1-2H3,(H,16,18). The van der Waals surface area contributed by atoms with Crippen LogP contribution >= 0.6 is 0 Å². The molecule has 2 aromatic rings. The minimum absolute atomic E-state index is 0.133. The average Bonchev–Trinajstić information content (AvgIpc) is 2.72. The van der Waals surface area contributed by atoms with E-state index in [1.54, 1.807) is 0 Å². The normalized spacial score (nSPS) is 10.8. The molecule has 96 valence electrons. The van der Waals surface area contributed by atoms with Crippen LogP contribution in [0.25, 0.3) is 11.0 Å². The molecule has 0 saturated carbocycles. The fourth-order valence-electron chi connectivity index (χ4n) is 1.97. The van der Waals surface area contributed by atoms with Crippen LogP contribution in [0.1, 0.15) is 24.0 Å². The van der Waals surface area contributed by atoms with Crippen LogP contribution in [0.4, 0.5) is 0 Å². The highest BCUT2D eigenvalue weighted by molar-refractivity contribution is 5.77. The highest BCUT2D eigenvalue weighted by Gasteiger charge is 2.05. The monoisotopic (exact) mass is 246 g/mol. The number of nitrogens with one attached hydrogen (secondary N) is 1. The Morgan fingerprint density at radius 1 is 1.39 bits per heavy atom. The van der Waals surface area contributed by atoms with Gasteiger partial charge in [0, 0.05) is 13.0 Å². The number of rotatable bonds is 4. The molecule has 0 spiro atoms. The zero-order valence-electron chi connectivity index (χ0n) is 10.7. The zero-order chi connectivity index (χ0) is 13.1. The van der Waals surface area contributed by atoms with Crippen molar-refractivity contribution in [3.8, 4) is 0 Å². The molecule has 2 rings (SSSR count). The number of carbonyl (C=O) groups is 1. The summed E-state index contributed by atoms with van der Waals surface area (Å²) < 4.78 is 2.07. The van der Waals surface area contributed by atoms with Gasteiger partial charge in [-0.25, -0.2) is 10.8 Å². The predicted molar refractivity (Wildman–Crippen MR) is 70.8 cm³/mol. The third-order valence-electron chi connectivity index (χ3n) is 3.20. The molecule has 18 heavy (non-hydrogen) atoms. The van der Waals surface area contributed by atoms with E-state index in [0.717, 1.165) is 24.0 Å². The van der Waals surface area contributed by atoms with E-state index in [9.17, 15) is 4.79 Å². The number of nitrogens with zero attached hydrogens (tertiary/aromatic N) is 2. The number of fused-ring (bicyclic) bond motifs is 1. The predicted octanol–water partition coefficient (Wildman–Crippen LogP) is 1.42. The van der Waals surface area contributed by atoms with Gasteiger partial charge < -0.3 is 4.57 Å². The maximum absolute atomic E-state index is 11.0. The molecule has 0 saturated heterocycles. The van der Waals surface area contributed by atoms with E-state index in [1.807, 2.05) is 6.33 Å². The second-order valence-electron chi connectivity index (χ2n) is 4.53. The lowest BCUT2D eigenvalue weighted by molar-refractivity contribution is -0.121. The number of hydrogen-bond acceptors (Lipinski definition) is 3. The molecule has 1 amide bonds. The van der Waals surface area contributed by atoms with E-state index in [4.69, 9.17) is 5.84 Å². The first-order valence-electron chi connectivity index (χ1n) is 6.03. The third-order valence-corrected chi connectivity index (χ3v) is 3.20. The van der Waals surface area contributed by atoms with Gasteiger partial charge in [0.05, 0.1) is 17.4 Å². The van der Waals surface area contributed by atoms with Crippen LogP contribution in [-0.2, 0) is 11.3 Å². The first kappa shape index (κ1) is 12.6. The van der Waals surface area contributed by atoms with Crippen molar-refractivity contribution < 1.29 is 4.79 Å². The number of amides is 1. The van der Waals surface area contributed by atoms with Crippen LogP contribution in [0, 0.1) is 13.8 Å². The van der Waals surface area contributed by atoms with Crippen LogP contribution < -0.4 is 11.3 Å². The number of hydrazine groups is 1. The molecule has 1 aromatic heterocycles. The van der Waals surface area contributed by atoms with Crippen LogP contribution in [0.5, 0.6) is 0 Å². The minimum Gasteiger partial charge on any atom is -0.331 e. The summed E-state index contributed by atoms with van der Waals surface area (Å²) in [5.74, 6) is 4.91. The van der Waals surface area contributed by atoms with Gasteiger partial charge in [0.25, 0.3) is 0 Å². The number of nitrogens with two attached hydrogens (primary N) is 1.